The number of nitrogens with one attached hydrogen (secondary N) is 1. The van der Waals surface area contributed by atoms with E-state index in [2.05, 4.69) is 36.4 Å². The Morgan fingerprint density at radius 3 is 2.61 bits per heavy atom. The molecule has 0 aliphatic carbocycles. The van der Waals surface area contributed by atoms with Crippen LogP contribution < -0.4 is 11.3 Å². The van der Waals surface area contributed by atoms with Crippen LogP contribution in [0.2, 0.25) is 0 Å². The van der Waals surface area contributed by atoms with E-state index in [0.717, 1.165) is 23.3 Å². The van der Waals surface area contributed by atoms with Gasteiger partial charge in [0.05, 0.1) is 0 Å². The monoisotopic (exact) mass is 322 g/mol. The summed E-state index contributed by atoms with van der Waals surface area (Å²) in [7, 11) is 0. The van der Waals surface area contributed by atoms with Gasteiger partial charge in [0.2, 0.25) is 0 Å². The SMILES string of the molecule is NNc1ncnc(-n2ccc(C(F)(F)F)n2)c1Br. The Hall–Kier alpha value is -1.68. The number of hydrogen-bond donors (Lipinski definition) is 2. The van der Waals surface area contributed by atoms with Crippen molar-refractivity contribution in [2.45, 2.75) is 6.18 Å². The van der Waals surface area contributed by atoms with Gasteiger partial charge in [0.1, 0.15) is 10.8 Å². The van der Waals surface area contributed by atoms with Crippen LogP contribution in [-0.2, 0) is 6.18 Å². The Bertz CT molecular complexity index is 566. The van der Waals surface area contributed by atoms with Crippen molar-refractivity contribution in [2.24, 2.45) is 5.84 Å². The molecule has 2 heterocycles. The summed E-state index contributed by atoms with van der Waals surface area (Å²) in [6.45, 7) is 0. The van der Waals surface area contributed by atoms with Gasteiger partial charge in [0, 0.05) is 6.20 Å². The molecular formula is C8H6BrF3N6. The molecule has 0 aliphatic heterocycles. The van der Waals surface area contributed by atoms with Crippen LogP contribution in [0.5, 0.6) is 0 Å². The van der Waals surface area contributed by atoms with Gasteiger partial charge in [-0.2, -0.15) is 18.3 Å². The average molecular weight is 323 g/mol. The fraction of sp³-hybridized carbons (Fsp3) is 0.125. The molecule has 0 aliphatic rings. The third-order valence-corrected chi connectivity index (χ3v) is 2.73. The molecule has 6 nitrogen and oxygen atoms in total. The van der Waals surface area contributed by atoms with Crippen LogP contribution in [0.1, 0.15) is 5.69 Å². The first kappa shape index (κ1) is 12.8. The van der Waals surface area contributed by atoms with Crippen LogP contribution in [0.15, 0.2) is 23.1 Å². The minimum Gasteiger partial charge on any atom is -0.307 e. The molecule has 0 bridgehead atoms. The number of nitrogens with two attached hydrogens (primary N) is 1. The van der Waals surface area contributed by atoms with Gasteiger partial charge in [-0.15, -0.1) is 0 Å². The second kappa shape index (κ2) is 4.53. The van der Waals surface area contributed by atoms with Crippen molar-refractivity contribution in [3.05, 3.63) is 28.8 Å². The van der Waals surface area contributed by atoms with Gasteiger partial charge in [-0.05, 0) is 22.0 Å². The second-order valence-corrected chi connectivity index (χ2v) is 3.94. The molecule has 3 N–H and O–H groups in total. The van der Waals surface area contributed by atoms with Crippen LogP contribution in [0.3, 0.4) is 0 Å². The third-order valence-electron chi connectivity index (χ3n) is 2.00. The average Bonchev–Trinajstić information content (AvgIpc) is 2.78. The van der Waals surface area contributed by atoms with Crippen LogP contribution in [0, 0.1) is 0 Å². The molecular weight excluding hydrogens is 317 g/mol. The van der Waals surface area contributed by atoms with Crippen molar-refractivity contribution in [2.75, 3.05) is 5.43 Å². The van der Waals surface area contributed by atoms with Crippen LogP contribution >= 0.6 is 15.9 Å². The van der Waals surface area contributed by atoms with Gasteiger partial charge >= 0.3 is 6.18 Å². The molecule has 0 fully saturated rings. The van der Waals surface area contributed by atoms with E-state index in [1.165, 1.54) is 0 Å². The van der Waals surface area contributed by atoms with Crippen molar-refractivity contribution in [3.63, 3.8) is 0 Å². The maximum Gasteiger partial charge on any atom is 0.435 e. The molecule has 10 heteroatoms. The topological polar surface area (TPSA) is 81.6 Å². The Labute approximate surface area is 107 Å². The Morgan fingerprint density at radius 1 is 1.33 bits per heavy atom. The largest absolute Gasteiger partial charge is 0.435 e. The molecule has 18 heavy (non-hydrogen) atoms. The summed E-state index contributed by atoms with van der Waals surface area (Å²) in [5.41, 5.74) is 1.28. The zero-order valence-corrected chi connectivity index (χ0v) is 10.2. The number of halogens is 4. The molecule has 96 valence electrons. The lowest BCUT2D eigenvalue weighted by Gasteiger charge is -2.07. The number of alkyl halides is 3. The highest BCUT2D eigenvalue weighted by Crippen LogP contribution is 2.29. The summed E-state index contributed by atoms with van der Waals surface area (Å²) >= 11 is 3.13. The minimum absolute atomic E-state index is 0.147. The van der Waals surface area contributed by atoms with E-state index in [1.807, 2.05) is 0 Å². The predicted octanol–water partition coefficient (Wildman–Crippen LogP) is 1.73. The fourth-order valence-corrected chi connectivity index (χ4v) is 1.71. The first-order valence-corrected chi connectivity index (χ1v) is 5.33. The Balaban J connectivity index is 2.47. The van der Waals surface area contributed by atoms with Crippen LogP contribution in [0.25, 0.3) is 5.82 Å². The van der Waals surface area contributed by atoms with E-state index in [4.69, 9.17) is 5.84 Å². The summed E-state index contributed by atoms with van der Waals surface area (Å²) in [4.78, 5) is 7.61. The van der Waals surface area contributed by atoms with Crippen molar-refractivity contribution >= 4 is 21.7 Å². The quantitative estimate of drug-likeness (QED) is 0.650. The maximum atomic E-state index is 12.4. The summed E-state index contributed by atoms with van der Waals surface area (Å²) in [6.07, 6.45) is -2.19. The smallest absolute Gasteiger partial charge is 0.307 e. The second-order valence-electron chi connectivity index (χ2n) is 3.15. The normalized spacial score (nSPS) is 11.6. The molecule has 0 saturated heterocycles. The van der Waals surface area contributed by atoms with Crippen molar-refractivity contribution in [1.29, 1.82) is 0 Å². The van der Waals surface area contributed by atoms with Gasteiger partial charge < -0.3 is 5.43 Å². The van der Waals surface area contributed by atoms with Crippen LogP contribution in [0.4, 0.5) is 19.0 Å². The number of anilines is 1. The van der Waals surface area contributed by atoms with Crippen molar-refractivity contribution < 1.29 is 13.2 Å². The molecule has 0 amide bonds. The van der Waals surface area contributed by atoms with Gasteiger partial charge in [-0.3, -0.25) is 0 Å². The van der Waals surface area contributed by atoms with Crippen molar-refractivity contribution in [3.8, 4) is 5.82 Å². The zero-order valence-electron chi connectivity index (χ0n) is 8.61. The summed E-state index contributed by atoms with van der Waals surface area (Å²) in [6, 6.07) is 0.851. The van der Waals surface area contributed by atoms with E-state index < -0.39 is 11.9 Å². The summed E-state index contributed by atoms with van der Waals surface area (Å²) in [5.74, 6) is 5.58. The molecule has 0 radical (unpaired) electrons. The molecule has 0 atom stereocenters. The summed E-state index contributed by atoms with van der Waals surface area (Å²) in [5, 5.41) is 3.39. The third kappa shape index (κ3) is 2.29. The Morgan fingerprint density at radius 2 is 2.06 bits per heavy atom. The van der Waals surface area contributed by atoms with Crippen molar-refractivity contribution in [1.82, 2.24) is 19.7 Å². The molecule has 0 unspecified atom stereocenters. The van der Waals surface area contributed by atoms with Crippen LogP contribution in [-0.4, -0.2) is 19.7 Å². The Kier molecular flexibility index (Phi) is 3.22. The van der Waals surface area contributed by atoms with Gasteiger partial charge in [0.25, 0.3) is 0 Å². The highest BCUT2D eigenvalue weighted by atomic mass is 79.9. The number of hydrazine groups is 1. The lowest BCUT2D eigenvalue weighted by molar-refractivity contribution is -0.141. The first-order valence-electron chi connectivity index (χ1n) is 4.54. The molecule has 0 aromatic carbocycles. The lowest BCUT2D eigenvalue weighted by Crippen LogP contribution is -2.12. The first-order chi connectivity index (χ1) is 8.43. The highest BCUT2D eigenvalue weighted by Gasteiger charge is 2.33. The van der Waals surface area contributed by atoms with Gasteiger partial charge in [0.15, 0.2) is 17.3 Å². The maximum absolute atomic E-state index is 12.4. The van der Waals surface area contributed by atoms with E-state index >= 15 is 0 Å². The van der Waals surface area contributed by atoms with E-state index in [-0.39, 0.29) is 11.6 Å². The lowest BCUT2D eigenvalue weighted by atomic mass is 10.4. The van der Waals surface area contributed by atoms with Gasteiger partial charge in [-0.25, -0.2) is 20.5 Å². The van der Waals surface area contributed by atoms with E-state index in [9.17, 15) is 13.2 Å². The molecule has 2 aromatic heterocycles. The number of hydrogen-bond acceptors (Lipinski definition) is 5. The predicted molar refractivity (Wildman–Crippen MR) is 59.7 cm³/mol. The van der Waals surface area contributed by atoms with E-state index in [1.54, 1.807) is 0 Å². The summed E-state index contributed by atoms with van der Waals surface area (Å²) < 4.78 is 38.5. The zero-order chi connectivity index (χ0) is 13.3. The number of nitrogens with zero attached hydrogens (tertiary/aromatic N) is 4. The number of aromatic nitrogens is 4. The fourth-order valence-electron chi connectivity index (χ4n) is 1.21. The standard InChI is InChI=1S/C8H6BrF3N6/c9-5-6(16-13)14-3-15-7(5)18-2-1-4(17-18)8(10,11)12/h1-3H,13H2,(H,14,15,16). The number of nitrogen functional groups attached to an aromatic ring is 1. The molecule has 2 aromatic rings. The number of rotatable bonds is 2. The highest BCUT2D eigenvalue weighted by molar-refractivity contribution is 9.10. The molecule has 0 spiro atoms. The molecule has 0 saturated carbocycles. The minimum atomic E-state index is -4.50. The van der Waals surface area contributed by atoms with E-state index in [0.29, 0.717) is 4.47 Å². The van der Waals surface area contributed by atoms with Gasteiger partial charge in [-0.1, -0.05) is 0 Å². The molecule has 2 rings (SSSR count).